The molecule has 0 fully saturated rings. The summed E-state index contributed by atoms with van der Waals surface area (Å²) in [5.41, 5.74) is 1.72. The fourth-order valence-electron chi connectivity index (χ4n) is 2.27. The van der Waals surface area contributed by atoms with E-state index in [9.17, 15) is 13.2 Å². The van der Waals surface area contributed by atoms with Crippen LogP contribution in [0.5, 0.6) is 0 Å². The lowest BCUT2D eigenvalue weighted by molar-refractivity contribution is -0.118. The molecule has 21 heavy (non-hydrogen) atoms. The fourth-order valence-corrected chi connectivity index (χ4v) is 3.02. The van der Waals surface area contributed by atoms with Gasteiger partial charge in [0.25, 0.3) is 0 Å². The van der Waals surface area contributed by atoms with Crippen molar-refractivity contribution in [3.8, 4) is 0 Å². The third-order valence-electron chi connectivity index (χ3n) is 3.42. The molecule has 0 aliphatic carbocycles. The number of fused-ring (bicyclic) bond motifs is 1. The molecular weight excluding hydrogens is 314 g/mol. The van der Waals surface area contributed by atoms with Gasteiger partial charge in [-0.3, -0.25) is 4.79 Å². The Balaban J connectivity index is 0.00000220. The molecule has 0 aromatic heterocycles. The van der Waals surface area contributed by atoms with Gasteiger partial charge in [-0.1, -0.05) is 6.07 Å². The summed E-state index contributed by atoms with van der Waals surface area (Å²) in [5.74, 6) is 0.0112. The number of nitrogens with zero attached hydrogens (tertiary/aromatic N) is 1. The minimum atomic E-state index is -3.49. The van der Waals surface area contributed by atoms with Gasteiger partial charge in [-0.25, -0.2) is 13.1 Å². The molecule has 1 aliphatic heterocycles. The van der Waals surface area contributed by atoms with Crippen molar-refractivity contribution in [1.29, 1.82) is 0 Å². The van der Waals surface area contributed by atoms with Crippen molar-refractivity contribution in [1.82, 2.24) is 10.0 Å². The molecule has 0 saturated carbocycles. The molecule has 0 unspecified atom stereocenters. The third-order valence-corrected chi connectivity index (χ3v) is 4.83. The highest BCUT2D eigenvalue weighted by Gasteiger charge is 2.26. The number of anilines is 1. The normalized spacial score (nSPS) is 13.7. The highest BCUT2D eigenvalue weighted by Crippen LogP contribution is 2.30. The quantitative estimate of drug-likeness (QED) is 0.823. The SMILES string of the molecule is CNCCC(=O)N1CCc2ccc(S(=O)(=O)NC)cc21.Cl. The second kappa shape index (κ2) is 7.22. The van der Waals surface area contributed by atoms with E-state index in [2.05, 4.69) is 10.0 Å². The van der Waals surface area contributed by atoms with Crippen molar-refractivity contribution in [3.05, 3.63) is 23.8 Å². The van der Waals surface area contributed by atoms with Crippen molar-refractivity contribution >= 4 is 34.0 Å². The zero-order valence-electron chi connectivity index (χ0n) is 12.0. The summed E-state index contributed by atoms with van der Waals surface area (Å²) in [6.45, 7) is 1.22. The highest BCUT2D eigenvalue weighted by molar-refractivity contribution is 7.89. The van der Waals surface area contributed by atoms with Crippen molar-refractivity contribution in [2.24, 2.45) is 0 Å². The second-order valence-electron chi connectivity index (χ2n) is 4.65. The molecule has 1 heterocycles. The number of carbonyl (C=O) groups is 1. The largest absolute Gasteiger partial charge is 0.319 e. The molecule has 0 spiro atoms. The van der Waals surface area contributed by atoms with E-state index in [1.165, 1.54) is 7.05 Å². The standard InChI is InChI=1S/C13H19N3O3S.ClH/c1-14-7-5-13(17)16-8-6-10-3-4-11(9-12(10)16)20(18,19)15-2;/h3-4,9,14-15H,5-8H2,1-2H3;1H. The molecule has 2 N–H and O–H groups in total. The van der Waals surface area contributed by atoms with Crippen LogP contribution in [0.2, 0.25) is 0 Å². The molecule has 1 aromatic rings. The maximum absolute atomic E-state index is 12.1. The molecule has 0 saturated heterocycles. The van der Waals surface area contributed by atoms with Gasteiger partial charge in [-0.2, -0.15) is 0 Å². The fraction of sp³-hybridized carbons (Fsp3) is 0.462. The molecule has 2 rings (SSSR count). The Morgan fingerprint density at radius 3 is 2.67 bits per heavy atom. The summed E-state index contributed by atoms with van der Waals surface area (Å²) in [6, 6.07) is 4.93. The van der Waals surface area contributed by atoms with E-state index in [1.54, 1.807) is 30.1 Å². The summed E-state index contributed by atoms with van der Waals surface area (Å²) < 4.78 is 25.9. The van der Waals surface area contributed by atoms with Gasteiger partial charge >= 0.3 is 0 Å². The van der Waals surface area contributed by atoms with Gasteiger partial charge < -0.3 is 10.2 Å². The Hall–Kier alpha value is -1.15. The van der Waals surface area contributed by atoms with E-state index in [1.807, 2.05) is 0 Å². The number of carbonyl (C=O) groups excluding carboxylic acids is 1. The predicted octanol–water partition coefficient (Wildman–Crippen LogP) is 0.515. The highest BCUT2D eigenvalue weighted by atomic mass is 35.5. The van der Waals surface area contributed by atoms with Crippen LogP contribution in [0.15, 0.2) is 23.1 Å². The first-order valence-corrected chi connectivity index (χ1v) is 7.99. The molecule has 1 aliphatic rings. The van der Waals surface area contributed by atoms with Crippen LogP contribution in [-0.2, 0) is 21.2 Å². The lowest BCUT2D eigenvalue weighted by Gasteiger charge is -2.18. The molecule has 1 amide bonds. The van der Waals surface area contributed by atoms with Crippen LogP contribution in [0.3, 0.4) is 0 Å². The van der Waals surface area contributed by atoms with Gasteiger partial charge in [0.1, 0.15) is 0 Å². The van der Waals surface area contributed by atoms with Gasteiger partial charge in [0.15, 0.2) is 0 Å². The number of halogens is 1. The molecule has 1 aromatic carbocycles. The summed E-state index contributed by atoms with van der Waals surface area (Å²) in [5, 5.41) is 2.94. The minimum Gasteiger partial charge on any atom is -0.319 e. The summed E-state index contributed by atoms with van der Waals surface area (Å²) >= 11 is 0. The Kier molecular flexibility index (Phi) is 6.15. The van der Waals surface area contributed by atoms with Gasteiger partial charge in [-0.15, -0.1) is 12.4 Å². The van der Waals surface area contributed by atoms with Crippen LogP contribution in [0, 0.1) is 0 Å². The third kappa shape index (κ3) is 3.74. The van der Waals surface area contributed by atoms with Crippen LogP contribution in [-0.4, -0.2) is 41.5 Å². The van der Waals surface area contributed by atoms with E-state index >= 15 is 0 Å². The van der Waals surface area contributed by atoms with Crippen molar-refractivity contribution < 1.29 is 13.2 Å². The zero-order valence-corrected chi connectivity index (χ0v) is 13.7. The molecule has 0 bridgehead atoms. The van der Waals surface area contributed by atoms with Crippen molar-refractivity contribution in [2.45, 2.75) is 17.7 Å². The van der Waals surface area contributed by atoms with Crippen LogP contribution in [0.4, 0.5) is 5.69 Å². The van der Waals surface area contributed by atoms with Gasteiger partial charge in [0.05, 0.1) is 4.90 Å². The topological polar surface area (TPSA) is 78.5 Å². The van der Waals surface area contributed by atoms with E-state index in [0.717, 1.165) is 12.0 Å². The monoisotopic (exact) mass is 333 g/mol. The van der Waals surface area contributed by atoms with E-state index in [4.69, 9.17) is 0 Å². The average Bonchev–Trinajstić information content (AvgIpc) is 2.87. The first kappa shape index (κ1) is 17.9. The molecule has 6 nitrogen and oxygen atoms in total. The number of rotatable bonds is 5. The molecule has 8 heteroatoms. The lowest BCUT2D eigenvalue weighted by Crippen LogP contribution is -2.31. The second-order valence-corrected chi connectivity index (χ2v) is 6.53. The number of nitrogens with one attached hydrogen (secondary N) is 2. The van der Waals surface area contributed by atoms with E-state index < -0.39 is 10.0 Å². The van der Waals surface area contributed by atoms with Crippen LogP contribution in [0.25, 0.3) is 0 Å². The van der Waals surface area contributed by atoms with Crippen LogP contribution in [0.1, 0.15) is 12.0 Å². The van der Waals surface area contributed by atoms with E-state index in [-0.39, 0.29) is 23.2 Å². The van der Waals surface area contributed by atoms with Gasteiger partial charge in [-0.05, 0) is 38.2 Å². The first-order chi connectivity index (χ1) is 9.49. The van der Waals surface area contributed by atoms with Gasteiger partial charge in [0.2, 0.25) is 15.9 Å². The average molecular weight is 334 g/mol. The molecule has 0 atom stereocenters. The Morgan fingerprint density at radius 1 is 1.33 bits per heavy atom. The van der Waals surface area contributed by atoms with Gasteiger partial charge in [0, 0.05) is 25.2 Å². The van der Waals surface area contributed by atoms with Crippen molar-refractivity contribution in [3.63, 3.8) is 0 Å². The minimum absolute atomic E-state index is 0. The van der Waals surface area contributed by atoms with E-state index in [0.29, 0.717) is 25.2 Å². The summed E-state index contributed by atoms with van der Waals surface area (Å²) in [7, 11) is -0.318. The Labute approximate surface area is 131 Å². The first-order valence-electron chi connectivity index (χ1n) is 6.51. The molecule has 118 valence electrons. The lowest BCUT2D eigenvalue weighted by atomic mass is 10.2. The maximum atomic E-state index is 12.1. The number of amides is 1. The van der Waals surface area contributed by atoms with Crippen molar-refractivity contribution in [2.75, 3.05) is 32.1 Å². The number of benzene rings is 1. The molecular formula is C13H20ClN3O3S. The summed E-state index contributed by atoms with van der Waals surface area (Å²) in [6.07, 6.45) is 1.17. The number of hydrogen-bond donors (Lipinski definition) is 2. The smallest absolute Gasteiger partial charge is 0.240 e. The maximum Gasteiger partial charge on any atom is 0.240 e. The molecule has 0 radical (unpaired) electrons. The van der Waals surface area contributed by atoms with Crippen LogP contribution >= 0.6 is 12.4 Å². The Bertz CT molecular complexity index is 619. The Morgan fingerprint density at radius 2 is 2.05 bits per heavy atom. The summed E-state index contributed by atoms with van der Waals surface area (Å²) in [4.78, 5) is 14.0. The zero-order chi connectivity index (χ0) is 14.8. The van der Waals surface area contributed by atoms with Crippen LogP contribution < -0.4 is 14.9 Å². The number of sulfonamides is 1. The number of hydrogen-bond acceptors (Lipinski definition) is 4. The predicted molar refractivity (Wildman–Crippen MR) is 84.5 cm³/mol.